The van der Waals surface area contributed by atoms with E-state index in [1.165, 1.54) is 0 Å². The van der Waals surface area contributed by atoms with Crippen LogP contribution in [0.4, 0.5) is 16.6 Å². The Balaban J connectivity index is 1.24. The van der Waals surface area contributed by atoms with Crippen molar-refractivity contribution in [3.8, 4) is 22.9 Å². The lowest BCUT2D eigenvalue weighted by Gasteiger charge is -2.27. The van der Waals surface area contributed by atoms with Crippen LogP contribution in [0.3, 0.4) is 0 Å². The van der Waals surface area contributed by atoms with Gasteiger partial charge in [0.1, 0.15) is 29.3 Å². The number of benzene rings is 1. The fourth-order valence-electron chi connectivity index (χ4n) is 4.47. The molecule has 208 valence electrons. The highest BCUT2D eigenvalue weighted by Gasteiger charge is 2.25. The molecule has 40 heavy (non-hydrogen) atoms. The number of carbonyl (C=O) groups excluding carboxylic acids is 1. The van der Waals surface area contributed by atoms with E-state index in [0.717, 1.165) is 35.2 Å². The van der Waals surface area contributed by atoms with E-state index in [-0.39, 0.29) is 6.10 Å². The van der Waals surface area contributed by atoms with Gasteiger partial charge in [-0.15, -0.1) is 5.06 Å². The van der Waals surface area contributed by atoms with Crippen molar-refractivity contribution < 1.29 is 23.8 Å². The first-order valence-corrected chi connectivity index (χ1v) is 13.3. The number of rotatable bonds is 6. The van der Waals surface area contributed by atoms with Crippen molar-refractivity contribution in [2.75, 3.05) is 25.1 Å². The SMILES string of the molecule is CC(C)(C)OC(=O)ON1CCc2nc(Nc3cc(-c4ccc(OC5CCOCC5)c(C#N)c4)ccn3)ncc2C1. The molecule has 0 saturated carbocycles. The summed E-state index contributed by atoms with van der Waals surface area (Å²) in [4.78, 5) is 30.8. The molecule has 2 aromatic heterocycles. The molecule has 3 aromatic rings. The van der Waals surface area contributed by atoms with Crippen LogP contribution < -0.4 is 10.1 Å². The van der Waals surface area contributed by atoms with Gasteiger partial charge in [-0.3, -0.25) is 0 Å². The standard InChI is InChI=1S/C29H32N6O5/c1-29(2,3)39-28(36)40-35-11-7-24-22(18-35)17-32-27(33-24)34-26-15-20(6-10-31-26)19-4-5-25(21(14-19)16-30)38-23-8-12-37-13-9-23/h4-6,10,14-15,17,23H,7-9,11-13,18H2,1-3H3,(H,31,32,33,34). The maximum absolute atomic E-state index is 12.0. The molecule has 5 rings (SSSR count). The third-order valence-electron chi connectivity index (χ3n) is 6.39. The Bertz CT molecular complexity index is 1410. The maximum atomic E-state index is 12.0. The highest BCUT2D eigenvalue weighted by atomic mass is 16.8. The molecule has 1 N–H and O–H groups in total. The van der Waals surface area contributed by atoms with Gasteiger partial charge in [0, 0.05) is 43.8 Å². The number of nitrogens with one attached hydrogen (secondary N) is 1. The van der Waals surface area contributed by atoms with Crippen molar-refractivity contribution in [1.82, 2.24) is 20.0 Å². The molecule has 4 heterocycles. The van der Waals surface area contributed by atoms with Gasteiger partial charge in [0.05, 0.1) is 31.0 Å². The summed E-state index contributed by atoms with van der Waals surface area (Å²) in [6.07, 6.45) is 4.95. The van der Waals surface area contributed by atoms with Crippen LogP contribution in [0.25, 0.3) is 11.1 Å². The minimum Gasteiger partial charge on any atom is -0.489 e. The van der Waals surface area contributed by atoms with Gasteiger partial charge in [-0.2, -0.15) is 5.26 Å². The predicted molar refractivity (Wildman–Crippen MR) is 146 cm³/mol. The summed E-state index contributed by atoms with van der Waals surface area (Å²) in [6, 6.07) is 11.6. The van der Waals surface area contributed by atoms with Crippen LogP contribution in [0.2, 0.25) is 0 Å². The summed E-state index contributed by atoms with van der Waals surface area (Å²) in [7, 11) is 0. The molecular weight excluding hydrogens is 512 g/mol. The summed E-state index contributed by atoms with van der Waals surface area (Å²) < 4.78 is 16.7. The minimum absolute atomic E-state index is 0.0561. The zero-order chi connectivity index (χ0) is 28.1. The molecule has 0 atom stereocenters. The van der Waals surface area contributed by atoms with E-state index in [4.69, 9.17) is 19.0 Å². The number of anilines is 2. The zero-order valence-corrected chi connectivity index (χ0v) is 22.8. The van der Waals surface area contributed by atoms with Crippen molar-refractivity contribution in [3.05, 3.63) is 59.5 Å². The molecule has 2 aliphatic heterocycles. The molecule has 0 bridgehead atoms. The average Bonchev–Trinajstić information content (AvgIpc) is 2.93. The molecule has 0 radical (unpaired) electrons. The molecule has 11 heteroatoms. The first-order valence-electron chi connectivity index (χ1n) is 13.3. The number of aromatic nitrogens is 3. The van der Waals surface area contributed by atoms with Gasteiger partial charge < -0.3 is 24.4 Å². The van der Waals surface area contributed by atoms with Gasteiger partial charge in [0.15, 0.2) is 0 Å². The Hall–Kier alpha value is -4.27. The Kier molecular flexibility index (Phi) is 8.09. The molecular formula is C29H32N6O5. The summed E-state index contributed by atoms with van der Waals surface area (Å²) in [5.74, 6) is 1.58. The lowest BCUT2D eigenvalue weighted by atomic mass is 10.0. The Morgan fingerprint density at radius 1 is 1.15 bits per heavy atom. The van der Waals surface area contributed by atoms with Crippen LogP contribution in [0.1, 0.15) is 50.4 Å². The van der Waals surface area contributed by atoms with Gasteiger partial charge >= 0.3 is 6.16 Å². The number of pyridine rings is 1. The third kappa shape index (κ3) is 7.02. The van der Waals surface area contributed by atoms with Crippen LogP contribution in [-0.4, -0.2) is 57.6 Å². The molecule has 11 nitrogen and oxygen atoms in total. The van der Waals surface area contributed by atoms with E-state index in [1.54, 1.807) is 38.2 Å². The third-order valence-corrected chi connectivity index (χ3v) is 6.39. The maximum Gasteiger partial charge on any atom is 0.528 e. The fraction of sp³-hybridized carbons (Fsp3) is 0.414. The Morgan fingerprint density at radius 3 is 2.73 bits per heavy atom. The number of fused-ring (bicyclic) bond motifs is 1. The van der Waals surface area contributed by atoms with Gasteiger partial charge in [0.25, 0.3) is 0 Å². The first kappa shape index (κ1) is 27.3. The molecule has 0 spiro atoms. The summed E-state index contributed by atoms with van der Waals surface area (Å²) >= 11 is 0. The second-order valence-electron chi connectivity index (χ2n) is 10.6. The van der Waals surface area contributed by atoms with E-state index >= 15 is 0 Å². The van der Waals surface area contributed by atoms with Crippen LogP contribution in [0, 0.1) is 11.3 Å². The summed E-state index contributed by atoms with van der Waals surface area (Å²) in [5, 5.41) is 14.5. The molecule has 0 aliphatic carbocycles. The van der Waals surface area contributed by atoms with Crippen LogP contribution in [-0.2, 0) is 27.3 Å². The summed E-state index contributed by atoms with van der Waals surface area (Å²) in [5.41, 5.74) is 3.36. The molecule has 0 amide bonds. The first-order chi connectivity index (χ1) is 19.3. The number of nitrogens with zero attached hydrogens (tertiary/aromatic N) is 5. The number of ether oxygens (including phenoxy) is 3. The smallest absolute Gasteiger partial charge is 0.489 e. The molecule has 2 aliphatic rings. The average molecular weight is 545 g/mol. The Morgan fingerprint density at radius 2 is 1.95 bits per heavy atom. The highest BCUT2D eigenvalue weighted by molar-refractivity contribution is 5.70. The Labute approximate surface area is 233 Å². The lowest BCUT2D eigenvalue weighted by Crippen LogP contribution is -2.36. The van der Waals surface area contributed by atoms with Crippen molar-refractivity contribution in [3.63, 3.8) is 0 Å². The van der Waals surface area contributed by atoms with Crippen LogP contribution in [0.15, 0.2) is 42.7 Å². The topological polar surface area (TPSA) is 132 Å². The lowest BCUT2D eigenvalue weighted by molar-refractivity contribution is -0.151. The molecule has 0 unspecified atom stereocenters. The number of nitriles is 1. The highest BCUT2D eigenvalue weighted by Crippen LogP contribution is 2.30. The number of hydrogen-bond acceptors (Lipinski definition) is 11. The van der Waals surface area contributed by atoms with Crippen LogP contribution >= 0.6 is 0 Å². The van der Waals surface area contributed by atoms with E-state index in [2.05, 4.69) is 26.3 Å². The largest absolute Gasteiger partial charge is 0.528 e. The number of hydrogen-bond donors (Lipinski definition) is 1. The minimum atomic E-state index is -0.732. The van der Waals surface area contributed by atoms with E-state index in [0.29, 0.717) is 55.8 Å². The predicted octanol–water partition coefficient (Wildman–Crippen LogP) is 4.94. The van der Waals surface area contributed by atoms with E-state index in [9.17, 15) is 10.1 Å². The monoisotopic (exact) mass is 544 g/mol. The van der Waals surface area contributed by atoms with E-state index < -0.39 is 11.8 Å². The van der Waals surface area contributed by atoms with Crippen molar-refractivity contribution in [1.29, 1.82) is 5.26 Å². The van der Waals surface area contributed by atoms with Crippen molar-refractivity contribution in [2.45, 2.75) is 58.3 Å². The number of carbonyl (C=O) groups is 1. The van der Waals surface area contributed by atoms with Gasteiger partial charge in [-0.05, 0) is 56.2 Å². The second kappa shape index (κ2) is 11.9. The molecule has 1 aromatic carbocycles. The van der Waals surface area contributed by atoms with Crippen molar-refractivity contribution in [2.24, 2.45) is 0 Å². The normalized spacial score (nSPS) is 15.9. The summed E-state index contributed by atoms with van der Waals surface area (Å²) in [6.45, 7) is 7.57. The molecule has 1 fully saturated rings. The van der Waals surface area contributed by atoms with Gasteiger partial charge in [0.2, 0.25) is 5.95 Å². The second-order valence-corrected chi connectivity index (χ2v) is 10.6. The molecule has 1 saturated heterocycles. The van der Waals surface area contributed by atoms with Crippen molar-refractivity contribution >= 4 is 17.9 Å². The quantitative estimate of drug-likeness (QED) is 0.423. The van der Waals surface area contributed by atoms with E-state index in [1.807, 2.05) is 30.3 Å². The number of hydroxylamine groups is 2. The van der Waals surface area contributed by atoms with Crippen LogP contribution in [0.5, 0.6) is 5.75 Å². The zero-order valence-electron chi connectivity index (χ0n) is 22.8. The fourth-order valence-corrected chi connectivity index (χ4v) is 4.47. The van der Waals surface area contributed by atoms with Gasteiger partial charge in [-0.25, -0.2) is 19.7 Å². The van der Waals surface area contributed by atoms with Gasteiger partial charge in [-0.1, -0.05) is 6.07 Å².